The maximum absolute atomic E-state index is 6.21. The number of nitrogens with zero attached hydrogens (tertiary/aromatic N) is 2. The number of allylic oxidation sites excluding steroid dienone is 2. The van der Waals surface area contributed by atoms with Crippen molar-refractivity contribution in [1.29, 1.82) is 0 Å². The third-order valence-corrected chi connectivity index (χ3v) is 4.21. The van der Waals surface area contributed by atoms with E-state index in [-0.39, 0.29) is 6.00 Å². The van der Waals surface area contributed by atoms with Crippen molar-refractivity contribution in [2.75, 3.05) is 6.00 Å². The van der Waals surface area contributed by atoms with Gasteiger partial charge in [0.05, 0.1) is 0 Å². The highest BCUT2D eigenvalue weighted by Crippen LogP contribution is 2.26. The molecular weight excluding hydrogens is 330 g/mol. The molecule has 1 atom stereocenters. The van der Waals surface area contributed by atoms with Crippen LogP contribution in [-0.2, 0) is 0 Å². The Morgan fingerprint density at radius 2 is 1.72 bits per heavy atom. The van der Waals surface area contributed by atoms with Crippen molar-refractivity contribution in [3.05, 3.63) is 95.6 Å². The summed E-state index contributed by atoms with van der Waals surface area (Å²) >= 11 is 5.78. The highest BCUT2D eigenvalue weighted by Gasteiger charge is 2.13. The molecule has 25 heavy (non-hydrogen) atoms. The first-order chi connectivity index (χ1) is 12.3. The third kappa shape index (κ3) is 4.46. The van der Waals surface area contributed by atoms with E-state index >= 15 is 0 Å². The Morgan fingerprint density at radius 1 is 1.04 bits per heavy atom. The van der Waals surface area contributed by atoms with E-state index in [1.807, 2.05) is 42.5 Å². The van der Waals surface area contributed by atoms with Crippen molar-refractivity contribution < 1.29 is 0 Å². The van der Waals surface area contributed by atoms with E-state index in [2.05, 4.69) is 46.4 Å². The molecule has 0 fully saturated rings. The topological polar surface area (TPSA) is 50.7 Å². The molecule has 0 bridgehead atoms. The lowest BCUT2D eigenvalue weighted by Crippen LogP contribution is -2.18. The lowest BCUT2D eigenvalue weighted by molar-refractivity contribution is 0.850. The van der Waals surface area contributed by atoms with Gasteiger partial charge in [-0.3, -0.25) is 0 Å². The molecule has 0 spiro atoms. The summed E-state index contributed by atoms with van der Waals surface area (Å²) in [6, 6.07) is 20.3. The fourth-order valence-corrected chi connectivity index (χ4v) is 2.88. The number of halogens is 1. The van der Waals surface area contributed by atoms with Gasteiger partial charge in [0.1, 0.15) is 11.8 Å². The minimum atomic E-state index is 0.145. The van der Waals surface area contributed by atoms with Crippen LogP contribution in [-0.4, -0.2) is 17.7 Å². The van der Waals surface area contributed by atoms with E-state index in [0.717, 1.165) is 17.6 Å². The largest absolute Gasteiger partial charge is 0.383 e. The van der Waals surface area contributed by atoms with Gasteiger partial charge in [0, 0.05) is 17.1 Å². The van der Waals surface area contributed by atoms with Gasteiger partial charge in [0.25, 0.3) is 0 Å². The SMILES string of the molecule is N/C(=N\C(=N/CCl)c1ccccc1)C1=CCC(c2ccccc2)C=C1. The summed E-state index contributed by atoms with van der Waals surface area (Å²) < 4.78 is 0. The quantitative estimate of drug-likeness (QED) is 0.371. The summed E-state index contributed by atoms with van der Waals surface area (Å²) in [5.41, 5.74) is 9.33. The lowest BCUT2D eigenvalue weighted by atomic mass is 9.90. The van der Waals surface area contributed by atoms with Crippen LogP contribution in [0.25, 0.3) is 0 Å². The first-order valence-electron chi connectivity index (χ1n) is 8.21. The molecule has 0 aromatic heterocycles. The van der Waals surface area contributed by atoms with Crippen LogP contribution in [0, 0.1) is 0 Å². The number of amidine groups is 2. The average Bonchev–Trinajstić information content (AvgIpc) is 2.69. The summed E-state index contributed by atoms with van der Waals surface area (Å²) in [5.74, 6) is 1.38. The van der Waals surface area contributed by atoms with Gasteiger partial charge in [0.15, 0.2) is 5.84 Å². The van der Waals surface area contributed by atoms with Crippen LogP contribution >= 0.6 is 11.6 Å². The van der Waals surface area contributed by atoms with Gasteiger partial charge in [-0.1, -0.05) is 78.9 Å². The highest BCUT2D eigenvalue weighted by atomic mass is 35.5. The molecule has 0 heterocycles. The average molecular weight is 350 g/mol. The van der Waals surface area contributed by atoms with Crippen molar-refractivity contribution in [3.8, 4) is 0 Å². The molecule has 0 radical (unpaired) electrons. The van der Waals surface area contributed by atoms with E-state index < -0.39 is 0 Å². The van der Waals surface area contributed by atoms with Crippen molar-refractivity contribution in [3.63, 3.8) is 0 Å². The van der Waals surface area contributed by atoms with Crippen LogP contribution in [0.3, 0.4) is 0 Å². The zero-order valence-corrected chi connectivity index (χ0v) is 14.6. The molecule has 1 unspecified atom stereocenters. The number of nitrogens with two attached hydrogens (primary N) is 1. The zero-order valence-electron chi connectivity index (χ0n) is 13.8. The molecule has 0 saturated carbocycles. The van der Waals surface area contributed by atoms with Crippen molar-refractivity contribution in [1.82, 2.24) is 0 Å². The molecule has 4 heteroatoms. The summed E-state index contributed by atoms with van der Waals surface area (Å²) in [7, 11) is 0. The van der Waals surface area contributed by atoms with E-state index in [0.29, 0.717) is 17.6 Å². The van der Waals surface area contributed by atoms with Crippen LogP contribution < -0.4 is 5.73 Å². The predicted octanol–water partition coefficient (Wildman–Crippen LogP) is 4.66. The van der Waals surface area contributed by atoms with Crippen LogP contribution in [0.4, 0.5) is 0 Å². The summed E-state index contributed by atoms with van der Waals surface area (Å²) in [5, 5.41) is 0. The Kier molecular flexibility index (Phi) is 5.81. The second-order valence-corrected chi connectivity index (χ2v) is 5.97. The second kappa shape index (κ2) is 8.45. The molecule has 2 N–H and O–H groups in total. The molecule has 3 nitrogen and oxygen atoms in total. The molecule has 0 saturated heterocycles. The fourth-order valence-electron chi connectivity index (χ4n) is 2.77. The third-order valence-electron chi connectivity index (χ3n) is 4.09. The molecule has 3 rings (SSSR count). The zero-order chi connectivity index (χ0) is 17.5. The Balaban J connectivity index is 1.78. The molecule has 2 aromatic rings. The monoisotopic (exact) mass is 349 g/mol. The van der Waals surface area contributed by atoms with Crippen LogP contribution in [0.2, 0.25) is 0 Å². The summed E-state index contributed by atoms with van der Waals surface area (Å²) in [6.45, 7) is 0. The molecule has 126 valence electrons. The van der Waals surface area contributed by atoms with Crippen molar-refractivity contribution in [2.45, 2.75) is 12.3 Å². The van der Waals surface area contributed by atoms with Gasteiger partial charge in [-0.05, 0) is 12.0 Å². The number of hydrogen-bond acceptors (Lipinski definition) is 1. The lowest BCUT2D eigenvalue weighted by Gasteiger charge is -2.16. The molecule has 1 aliphatic carbocycles. The number of hydrogen-bond donors (Lipinski definition) is 1. The summed E-state index contributed by atoms with van der Waals surface area (Å²) in [6.07, 6.45) is 7.23. The van der Waals surface area contributed by atoms with E-state index in [4.69, 9.17) is 17.3 Å². The minimum Gasteiger partial charge on any atom is -0.383 e. The highest BCUT2D eigenvalue weighted by molar-refractivity contribution is 6.19. The maximum atomic E-state index is 6.21. The van der Waals surface area contributed by atoms with E-state index in [1.165, 1.54) is 5.56 Å². The molecule has 0 aliphatic heterocycles. The van der Waals surface area contributed by atoms with Gasteiger partial charge in [-0.15, -0.1) is 11.6 Å². The van der Waals surface area contributed by atoms with E-state index in [1.54, 1.807) is 0 Å². The smallest absolute Gasteiger partial charge is 0.158 e. The Morgan fingerprint density at radius 3 is 2.32 bits per heavy atom. The number of benzene rings is 2. The maximum Gasteiger partial charge on any atom is 0.158 e. The van der Waals surface area contributed by atoms with Gasteiger partial charge >= 0.3 is 0 Å². The Hall–Kier alpha value is -2.65. The van der Waals surface area contributed by atoms with Crippen molar-refractivity contribution >= 4 is 23.3 Å². The summed E-state index contributed by atoms with van der Waals surface area (Å²) in [4.78, 5) is 8.75. The van der Waals surface area contributed by atoms with Crippen LogP contribution in [0.1, 0.15) is 23.5 Å². The first-order valence-corrected chi connectivity index (χ1v) is 8.75. The number of rotatable bonds is 4. The van der Waals surface area contributed by atoms with Gasteiger partial charge in [-0.2, -0.15) is 0 Å². The molecular formula is C21H20ClN3. The molecule has 0 amide bonds. The molecule has 1 aliphatic rings. The standard InChI is InChI=1S/C21H20ClN3/c22-15-24-21(19-9-5-2-6-10-19)25-20(23)18-13-11-17(12-14-18)16-7-3-1-4-8-16/h1-11,13-14,17H,12,15H2,(H2,23,24,25). The van der Waals surface area contributed by atoms with Gasteiger partial charge in [-0.25, -0.2) is 9.98 Å². The number of aliphatic imine (C=N–C) groups is 2. The normalized spacial score (nSPS) is 18.1. The Labute approximate surface area is 153 Å². The fraction of sp³-hybridized carbons (Fsp3) is 0.143. The van der Waals surface area contributed by atoms with Gasteiger partial charge in [0.2, 0.25) is 0 Å². The second-order valence-electron chi connectivity index (χ2n) is 5.74. The van der Waals surface area contributed by atoms with Crippen molar-refractivity contribution in [2.24, 2.45) is 15.7 Å². The number of alkyl halides is 1. The Bertz CT molecular complexity index is 821. The predicted molar refractivity (Wildman–Crippen MR) is 106 cm³/mol. The van der Waals surface area contributed by atoms with Gasteiger partial charge < -0.3 is 5.73 Å². The van der Waals surface area contributed by atoms with E-state index in [9.17, 15) is 0 Å². The van der Waals surface area contributed by atoms with Crippen LogP contribution in [0.15, 0.2) is 94.4 Å². The molecule has 2 aromatic carbocycles. The van der Waals surface area contributed by atoms with Crippen LogP contribution in [0.5, 0.6) is 0 Å². The minimum absolute atomic E-state index is 0.145. The first kappa shape index (κ1) is 17.2.